The van der Waals surface area contributed by atoms with Crippen LogP contribution in [0.25, 0.3) is 10.8 Å². The summed E-state index contributed by atoms with van der Waals surface area (Å²) in [7, 11) is 3.73. The molecule has 0 bridgehead atoms. The molecule has 1 saturated heterocycles. The highest BCUT2D eigenvalue weighted by Gasteiger charge is 2.38. The quantitative estimate of drug-likeness (QED) is 0.0676. The van der Waals surface area contributed by atoms with Gasteiger partial charge in [-0.3, -0.25) is 48.7 Å². The zero-order valence-electron chi connectivity index (χ0n) is 29.7. The number of hydrogen-bond acceptors (Lipinski definition) is 10. The number of anilines is 1. The largest absolute Gasteiger partial charge is 0.383 e. The van der Waals surface area contributed by atoms with Crippen LogP contribution in [0.3, 0.4) is 0 Å². The second-order valence-corrected chi connectivity index (χ2v) is 12.7. The number of rotatable bonds is 15. The number of nitrogens with one attached hydrogen (secondary N) is 4. The van der Waals surface area contributed by atoms with Crippen LogP contribution >= 0.6 is 0 Å². The first-order valence-corrected chi connectivity index (χ1v) is 17.0. The third-order valence-electron chi connectivity index (χ3n) is 8.63. The van der Waals surface area contributed by atoms with Gasteiger partial charge in [-0.15, -0.1) is 0 Å². The monoisotopic (exact) mass is 719 g/mol. The number of amides is 8. The highest BCUT2D eigenvalue weighted by Crippen LogP contribution is 2.34. The molecule has 1 fully saturated rings. The molecule has 278 valence electrons. The number of benzene rings is 2. The highest BCUT2D eigenvalue weighted by molar-refractivity contribution is 6.26. The molecule has 0 aliphatic carbocycles. The van der Waals surface area contributed by atoms with Crippen molar-refractivity contribution in [2.24, 2.45) is 5.73 Å². The number of imide groups is 1. The number of primary amides is 1. The van der Waals surface area contributed by atoms with Crippen molar-refractivity contribution in [3.63, 3.8) is 0 Å². The minimum absolute atomic E-state index is 0.126. The lowest BCUT2D eigenvalue weighted by molar-refractivity contribution is -0.146. The number of nitrogens with two attached hydrogens (primary N) is 1. The van der Waals surface area contributed by atoms with E-state index < -0.39 is 54.1 Å². The fraction of sp³-hybridized carbons (Fsp3) is 0.429. The number of hydrogen-bond donors (Lipinski definition) is 5. The Morgan fingerprint density at radius 2 is 1.71 bits per heavy atom. The van der Waals surface area contributed by atoms with Crippen LogP contribution in [0.15, 0.2) is 42.5 Å². The van der Waals surface area contributed by atoms with E-state index in [1.807, 2.05) is 19.0 Å². The van der Waals surface area contributed by atoms with Crippen LogP contribution in [0.5, 0.6) is 0 Å². The van der Waals surface area contributed by atoms with Crippen LogP contribution in [0, 0.1) is 0 Å². The summed E-state index contributed by atoms with van der Waals surface area (Å²) < 4.78 is 0. The Labute approximate surface area is 300 Å². The van der Waals surface area contributed by atoms with E-state index >= 15 is 0 Å². The number of hydrazine groups is 1. The zero-order valence-corrected chi connectivity index (χ0v) is 29.7. The molecule has 2 heterocycles. The van der Waals surface area contributed by atoms with Crippen molar-refractivity contribution in [1.82, 2.24) is 35.8 Å². The molecule has 2 aromatic carbocycles. The fourth-order valence-corrected chi connectivity index (χ4v) is 6.11. The molecule has 0 aromatic heterocycles. The minimum Gasteiger partial charge on any atom is -0.383 e. The zero-order chi connectivity index (χ0) is 38.1. The van der Waals surface area contributed by atoms with Gasteiger partial charge in [0.25, 0.3) is 23.6 Å². The van der Waals surface area contributed by atoms with Gasteiger partial charge in [0.2, 0.25) is 23.6 Å². The Hall–Kier alpha value is -5.84. The third kappa shape index (κ3) is 9.28. The topological polar surface area (TPSA) is 224 Å². The summed E-state index contributed by atoms with van der Waals surface area (Å²) >= 11 is 0. The smallest absolute Gasteiger partial charge is 0.265 e. The molecule has 2 atom stereocenters. The van der Waals surface area contributed by atoms with Gasteiger partial charge in [0.15, 0.2) is 0 Å². The van der Waals surface area contributed by atoms with Crippen molar-refractivity contribution in [2.75, 3.05) is 58.7 Å². The van der Waals surface area contributed by atoms with Crippen LogP contribution in [0.2, 0.25) is 0 Å². The van der Waals surface area contributed by atoms with Crippen molar-refractivity contribution < 1.29 is 38.4 Å². The Morgan fingerprint density at radius 3 is 2.37 bits per heavy atom. The maximum Gasteiger partial charge on any atom is 0.265 e. The molecular weight excluding hydrogens is 674 g/mol. The molecule has 8 amide bonds. The third-order valence-corrected chi connectivity index (χ3v) is 8.63. The summed E-state index contributed by atoms with van der Waals surface area (Å²) in [5.74, 6) is -4.74. The second-order valence-electron chi connectivity index (χ2n) is 12.7. The predicted molar refractivity (Wildman–Crippen MR) is 190 cm³/mol. The molecule has 0 saturated carbocycles. The molecule has 2 aliphatic rings. The summed E-state index contributed by atoms with van der Waals surface area (Å²) in [6, 6.07) is 6.89. The van der Waals surface area contributed by atoms with Gasteiger partial charge in [0.1, 0.15) is 18.6 Å². The van der Waals surface area contributed by atoms with E-state index in [0.29, 0.717) is 58.4 Å². The van der Waals surface area contributed by atoms with Crippen LogP contribution in [-0.2, 0) is 28.8 Å². The summed E-state index contributed by atoms with van der Waals surface area (Å²) in [4.78, 5) is 106. The Balaban J connectivity index is 1.33. The highest BCUT2D eigenvalue weighted by atomic mass is 16.2. The van der Waals surface area contributed by atoms with E-state index in [-0.39, 0.29) is 38.0 Å². The van der Waals surface area contributed by atoms with Gasteiger partial charge < -0.3 is 31.5 Å². The molecule has 52 heavy (non-hydrogen) atoms. The van der Waals surface area contributed by atoms with Gasteiger partial charge in [0, 0.05) is 79.4 Å². The first kappa shape index (κ1) is 39.0. The number of carbonyl (C=O) groups is 8. The molecule has 0 unspecified atom stereocenters. The van der Waals surface area contributed by atoms with Gasteiger partial charge in [-0.05, 0) is 51.6 Å². The lowest BCUT2D eigenvalue weighted by atomic mass is 9.93. The van der Waals surface area contributed by atoms with Crippen LogP contribution < -0.4 is 27.1 Å². The average Bonchev–Trinajstić information content (AvgIpc) is 3.60. The van der Waals surface area contributed by atoms with Crippen molar-refractivity contribution in [2.45, 2.75) is 45.2 Å². The minimum atomic E-state index is -0.954. The van der Waals surface area contributed by atoms with Crippen molar-refractivity contribution >= 4 is 63.7 Å². The van der Waals surface area contributed by atoms with Crippen LogP contribution in [-0.4, -0.2) is 132 Å². The van der Waals surface area contributed by atoms with Gasteiger partial charge >= 0.3 is 0 Å². The van der Waals surface area contributed by atoms with E-state index in [0.717, 1.165) is 12.2 Å². The van der Waals surface area contributed by atoms with Crippen molar-refractivity contribution in [3.05, 3.63) is 53.6 Å². The van der Waals surface area contributed by atoms with E-state index in [1.54, 1.807) is 37.3 Å². The number of likely N-dealkylation sites (N-methyl/N-ethyl adjacent to an activating group) is 1. The van der Waals surface area contributed by atoms with Gasteiger partial charge in [-0.25, -0.2) is 5.01 Å². The van der Waals surface area contributed by atoms with Gasteiger partial charge in [-0.1, -0.05) is 19.1 Å². The molecule has 17 heteroatoms. The molecule has 2 aliphatic heterocycles. The predicted octanol–water partition coefficient (Wildman–Crippen LogP) is -0.667. The summed E-state index contributed by atoms with van der Waals surface area (Å²) in [5, 5.41) is 10.3. The SMILES string of the molecule is CC[C@H](NC(C)=O)C(=O)N1CCC[C@H]1C(=O)NN(CC(N)=O)C(=O)/C=C/C(=O)NCCNc1ccc2c3c(cccc13)C(=O)N(CCN(C)C)C2=O. The van der Waals surface area contributed by atoms with Crippen molar-refractivity contribution in [3.8, 4) is 0 Å². The van der Waals surface area contributed by atoms with E-state index in [2.05, 4.69) is 21.4 Å². The maximum absolute atomic E-state index is 13.2. The first-order chi connectivity index (χ1) is 24.7. The van der Waals surface area contributed by atoms with Crippen LogP contribution in [0.4, 0.5) is 5.69 Å². The molecule has 4 rings (SSSR count). The van der Waals surface area contributed by atoms with Crippen molar-refractivity contribution in [1.29, 1.82) is 0 Å². The fourth-order valence-electron chi connectivity index (χ4n) is 6.11. The Bertz CT molecular complexity index is 1770. The van der Waals surface area contributed by atoms with E-state index in [1.165, 1.54) is 16.7 Å². The molecule has 0 spiro atoms. The standard InChI is InChI=1S/C35H45N9O8/c1-5-25(39-21(2)45)35(52)42-17-7-10-27(42)32(49)40-44(20-28(36)46)30(48)14-13-29(47)38-16-15-37-26-12-11-24-31-22(26)8-6-9-23(31)33(50)43(34(24)51)19-18-41(3)4/h6,8-9,11-14,25,27,37H,5,7,10,15-20H2,1-4H3,(H2,36,46)(H,38,47)(H,39,45)(H,40,49)/b14-13+/t25-,27-/m0/s1. The van der Waals surface area contributed by atoms with E-state index in [9.17, 15) is 38.4 Å². The number of carbonyl (C=O) groups excluding carboxylic acids is 8. The molecule has 2 aromatic rings. The maximum atomic E-state index is 13.2. The van der Waals surface area contributed by atoms with E-state index in [4.69, 9.17) is 5.73 Å². The summed E-state index contributed by atoms with van der Waals surface area (Å²) in [6.07, 6.45) is 2.93. The van der Waals surface area contributed by atoms with Crippen LogP contribution in [0.1, 0.15) is 53.8 Å². The lowest BCUT2D eigenvalue weighted by Crippen LogP contribution is -2.57. The second kappa shape index (κ2) is 17.4. The summed E-state index contributed by atoms with van der Waals surface area (Å²) in [5.41, 5.74) is 9.15. The lowest BCUT2D eigenvalue weighted by Gasteiger charge is -2.30. The Morgan fingerprint density at radius 1 is 1.00 bits per heavy atom. The summed E-state index contributed by atoms with van der Waals surface area (Å²) in [6.45, 7) is 3.76. The molecule has 0 radical (unpaired) electrons. The Kier molecular flexibility index (Phi) is 13.0. The average molecular weight is 720 g/mol. The number of nitrogens with zero attached hydrogens (tertiary/aromatic N) is 4. The molecule has 6 N–H and O–H groups in total. The molecular formula is C35H45N9O8. The normalized spacial score (nSPS) is 15.9. The first-order valence-electron chi connectivity index (χ1n) is 17.0. The van der Waals surface area contributed by atoms with Gasteiger partial charge in [0.05, 0.1) is 0 Å². The van der Waals surface area contributed by atoms with Gasteiger partial charge in [-0.2, -0.15) is 0 Å². The number of likely N-dealkylation sites (tertiary alicyclic amines) is 1. The molecule has 17 nitrogen and oxygen atoms in total.